The first-order valence-electron chi connectivity index (χ1n) is 7.43. The Morgan fingerprint density at radius 2 is 1.64 bits per heavy atom. The van der Waals surface area contributed by atoms with Crippen LogP contribution in [0.15, 0.2) is 18.2 Å². The van der Waals surface area contributed by atoms with Crippen molar-refractivity contribution in [3.8, 4) is 5.75 Å². The highest BCUT2D eigenvalue weighted by Gasteiger charge is 2.20. The lowest BCUT2D eigenvalue weighted by atomic mass is 10.0. The van der Waals surface area contributed by atoms with Gasteiger partial charge in [0.25, 0.3) is 0 Å². The molecule has 0 saturated carbocycles. The largest absolute Gasteiger partial charge is 0.508 e. The summed E-state index contributed by atoms with van der Waals surface area (Å²) in [6.07, 6.45) is -0.395. The zero-order valence-electron chi connectivity index (χ0n) is 12.7. The highest BCUT2D eigenvalue weighted by molar-refractivity contribution is 5.38. The molecule has 0 heterocycles. The summed E-state index contributed by atoms with van der Waals surface area (Å²) in [6.45, 7) is 1.04. The first-order valence-corrected chi connectivity index (χ1v) is 7.43. The Bertz CT molecular complexity index is 432. The molecule has 1 aromatic rings. The van der Waals surface area contributed by atoms with Crippen LogP contribution < -0.4 is 10.6 Å². The summed E-state index contributed by atoms with van der Waals surface area (Å²) >= 11 is 0. The van der Waals surface area contributed by atoms with Crippen molar-refractivity contribution in [2.45, 2.75) is 44.8 Å². The quantitative estimate of drug-likeness (QED) is 0.291. The van der Waals surface area contributed by atoms with Crippen molar-refractivity contribution in [1.29, 1.82) is 0 Å². The molecule has 7 nitrogen and oxygen atoms in total. The molecule has 0 aliphatic rings. The van der Waals surface area contributed by atoms with Crippen LogP contribution in [0.2, 0.25) is 0 Å². The van der Waals surface area contributed by atoms with E-state index in [0.29, 0.717) is 5.56 Å². The van der Waals surface area contributed by atoms with E-state index in [1.807, 2.05) is 6.07 Å². The lowest BCUT2D eigenvalue weighted by Crippen LogP contribution is -2.47. The monoisotopic (exact) mass is 314 g/mol. The van der Waals surface area contributed by atoms with Gasteiger partial charge in [-0.2, -0.15) is 0 Å². The summed E-state index contributed by atoms with van der Waals surface area (Å²) in [7, 11) is 0. The number of nitrogens with one attached hydrogen (secondary N) is 2. The van der Waals surface area contributed by atoms with Gasteiger partial charge in [0.15, 0.2) is 0 Å². The first-order chi connectivity index (χ1) is 10.5. The smallest absolute Gasteiger partial charge is 0.129 e. The molecule has 1 rings (SSSR count). The van der Waals surface area contributed by atoms with Crippen molar-refractivity contribution in [1.82, 2.24) is 10.6 Å². The third-order valence-electron chi connectivity index (χ3n) is 3.29. The predicted octanol–water partition coefficient (Wildman–Crippen LogP) is -0.466. The Morgan fingerprint density at radius 1 is 1.05 bits per heavy atom. The van der Waals surface area contributed by atoms with Crippen LogP contribution in [0.5, 0.6) is 5.75 Å². The number of aliphatic hydroxyl groups excluding tert-OH is 4. The third-order valence-corrected chi connectivity index (χ3v) is 3.29. The van der Waals surface area contributed by atoms with Crippen molar-refractivity contribution in [3.05, 3.63) is 29.3 Å². The van der Waals surface area contributed by atoms with Gasteiger partial charge in [0.2, 0.25) is 0 Å². The van der Waals surface area contributed by atoms with Crippen molar-refractivity contribution in [2.24, 2.45) is 0 Å². The fraction of sp³-hybridized carbons (Fsp3) is 0.600. The van der Waals surface area contributed by atoms with Gasteiger partial charge >= 0.3 is 0 Å². The minimum Gasteiger partial charge on any atom is -0.508 e. The molecule has 126 valence electrons. The molecule has 0 bridgehead atoms. The standard InChI is InChI=1S/C15H26N2O5/c1-2-3-4-10-5-6-12(20)11(7-10)15(16-13(21)8-18)17-14(22)9-19/h5-7,13-22H,2-4,8-9H2,1H3. The summed E-state index contributed by atoms with van der Waals surface area (Å²) in [4.78, 5) is 0. The van der Waals surface area contributed by atoms with E-state index in [4.69, 9.17) is 10.2 Å². The third kappa shape index (κ3) is 5.88. The number of unbranched alkanes of at least 4 members (excludes halogenated alkanes) is 1. The second kappa shape index (κ2) is 9.73. The molecule has 7 N–H and O–H groups in total. The maximum Gasteiger partial charge on any atom is 0.129 e. The topological polar surface area (TPSA) is 125 Å². The van der Waals surface area contributed by atoms with Crippen LogP contribution in [0.4, 0.5) is 0 Å². The summed E-state index contributed by atoms with van der Waals surface area (Å²) in [6, 6.07) is 5.13. The minimum atomic E-state index is -1.23. The van der Waals surface area contributed by atoms with Crippen LogP contribution in [0.1, 0.15) is 37.1 Å². The van der Waals surface area contributed by atoms with Gasteiger partial charge in [-0.25, -0.2) is 0 Å². The van der Waals surface area contributed by atoms with E-state index in [1.165, 1.54) is 0 Å². The number of hydrogen-bond acceptors (Lipinski definition) is 7. The first kappa shape index (κ1) is 18.8. The van der Waals surface area contributed by atoms with Crippen molar-refractivity contribution in [3.63, 3.8) is 0 Å². The van der Waals surface area contributed by atoms with Crippen LogP contribution in [0.25, 0.3) is 0 Å². The lowest BCUT2D eigenvalue weighted by Gasteiger charge is -2.26. The molecular weight excluding hydrogens is 288 g/mol. The maximum absolute atomic E-state index is 10.0. The molecule has 0 amide bonds. The van der Waals surface area contributed by atoms with Crippen molar-refractivity contribution >= 4 is 0 Å². The Balaban J connectivity index is 2.99. The van der Waals surface area contributed by atoms with Crippen molar-refractivity contribution < 1.29 is 25.5 Å². The summed E-state index contributed by atoms with van der Waals surface area (Å²) in [5.74, 6) is -0.0134. The Kier molecular flexibility index (Phi) is 8.32. The molecule has 0 aliphatic carbocycles. The van der Waals surface area contributed by atoms with Gasteiger partial charge in [0, 0.05) is 5.56 Å². The number of phenolic OH excluding ortho intramolecular Hbond substituents is 1. The Morgan fingerprint density at radius 3 is 2.14 bits per heavy atom. The number of phenols is 1. The Labute approximate surface area is 130 Å². The minimum absolute atomic E-state index is 0.0134. The molecule has 7 heteroatoms. The lowest BCUT2D eigenvalue weighted by molar-refractivity contribution is 0.0206. The number of benzene rings is 1. The van der Waals surface area contributed by atoms with E-state index >= 15 is 0 Å². The molecule has 2 unspecified atom stereocenters. The van der Waals surface area contributed by atoms with E-state index < -0.39 is 31.8 Å². The fourth-order valence-electron chi connectivity index (χ4n) is 2.09. The second-order valence-electron chi connectivity index (χ2n) is 5.16. The average Bonchev–Trinajstić information content (AvgIpc) is 2.53. The number of aliphatic hydroxyl groups is 4. The normalized spacial score (nSPS) is 15.5. The zero-order valence-corrected chi connectivity index (χ0v) is 12.7. The summed E-state index contributed by atoms with van der Waals surface area (Å²) in [5, 5.41) is 52.3. The molecule has 0 aromatic heterocycles. The number of aromatic hydroxyl groups is 1. The van der Waals surface area contributed by atoms with E-state index in [2.05, 4.69) is 17.6 Å². The van der Waals surface area contributed by atoms with E-state index in [9.17, 15) is 15.3 Å². The van der Waals surface area contributed by atoms with Gasteiger partial charge in [-0.15, -0.1) is 0 Å². The highest BCUT2D eigenvalue weighted by atomic mass is 16.3. The molecule has 0 fully saturated rings. The van der Waals surface area contributed by atoms with Gasteiger partial charge in [0.05, 0.1) is 19.4 Å². The predicted molar refractivity (Wildman–Crippen MR) is 81.9 cm³/mol. The second-order valence-corrected chi connectivity index (χ2v) is 5.16. The number of hydrogen-bond donors (Lipinski definition) is 7. The van der Waals surface area contributed by atoms with Gasteiger partial charge in [-0.3, -0.25) is 10.6 Å². The Hall–Kier alpha value is -1.22. The van der Waals surface area contributed by atoms with Crippen molar-refractivity contribution in [2.75, 3.05) is 13.2 Å². The van der Waals surface area contributed by atoms with Crippen LogP contribution in [-0.4, -0.2) is 51.2 Å². The highest BCUT2D eigenvalue weighted by Crippen LogP contribution is 2.25. The molecule has 1 aromatic carbocycles. The molecule has 0 aliphatic heterocycles. The van der Waals surface area contributed by atoms with Gasteiger partial charge in [-0.05, 0) is 30.5 Å². The molecular formula is C15H26N2O5. The van der Waals surface area contributed by atoms with Crippen LogP contribution >= 0.6 is 0 Å². The van der Waals surface area contributed by atoms with Crippen LogP contribution in [0.3, 0.4) is 0 Å². The molecule has 22 heavy (non-hydrogen) atoms. The van der Waals surface area contributed by atoms with Gasteiger partial charge in [0.1, 0.15) is 18.2 Å². The molecule has 0 spiro atoms. The number of rotatable bonds is 10. The summed E-state index contributed by atoms with van der Waals surface area (Å²) < 4.78 is 0. The van der Waals surface area contributed by atoms with E-state index in [-0.39, 0.29) is 5.75 Å². The van der Waals surface area contributed by atoms with Crippen LogP contribution in [-0.2, 0) is 6.42 Å². The van der Waals surface area contributed by atoms with Crippen LogP contribution in [0, 0.1) is 0 Å². The van der Waals surface area contributed by atoms with Gasteiger partial charge in [-0.1, -0.05) is 19.4 Å². The molecule has 0 saturated heterocycles. The van der Waals surface area contributed by atoms with Gasteiger partial charge < -0.3 is 25.5 Å². The average molecular weight is 314 g/mol. The zero-order chi connectivity index (χ0) is 16.5. The SMILES string of the molecule is CCCCc1ccc(O)c(C(NC(O)CO)NC(O)CO)c1. The fourth-order valence-corrected chi connectivity index (χ4v) is 2.09. The molecule has 0 radical (unpaired) electrons. The summed E-state index contributed by atoms with van der Waals surface area (Å²) in [5.41, 5.74) is 1.44. The number of aryl methyl sites for hydroxylation is 1. The van der Waals surface area contributed by atoms with E-state index in [0.717, 1.165) is 24.8 Å². The maximum atomic E-state index is 10.0. The van der Waals surface area contributed by atoms with E-state index in [1.54, 1.807) is 12.1 Å². The molecule has 2 atom stereocenters.